The van der Waals surface area contributed by atoms with Crippen molar-refractivity contribution in [1.82, 2.24) is 0 Å². The van der Waals surface area contributed by atoms with E-state index in [0.717, 1.165) is 44.2 Å². The van der Waals surface area contributed by atoms with E-state index < -0.39 is 25.2 Å². The van der Waals surface area contributed by atoms with Crippen LogP contribution in [-0.4, -0.2) is 48.6 Å². The SMILES string of the molecule is C.C.C[Si](C)(CCCCO)O[Si](C)(C)O[Si](C)(C)CCCCCO. The molecule has 7 heteroatoms. The Morgan fingerprint density at radius 1 is 0.583 bits per heavy atom. The molecule has 0 unspecified atom stereocenters. The van der Waals surface area contributed by atoms with Gasteiger partial charge in [0.05, 0.1) is 0 Å². The molecule has 0 aliphatic heterocycles. The number of rotatable bonds is 13. The van der Waals surface area contributed by atoms with Crippen molar-refractivity contribution in [3.8, 4) is 0 Å². The van der Waals surface area contributed by atoms with Gasteiger partial charge in [-0.1, -0.05) is 34.1 Å². The summed E-state index contributed by atoms with van der Waals surface area (Å²) in [6.45, 7) is 14.0. The minimum absolute atomic E-state index is 0. The van der Waals surface area contributed by atoms with Crippen molar-refractivity contribution in [3.05, 3.63) is 0 Å². The van der Waals surface area contributed by atoms with Crippen molar-refractivity contribution in [2.45, 2.75) is 98.3 Å². The van der Waals surface area contributed by atoms with E-state index in [2.05, 4.69) is 39.3 Å². The Kier molecular flexibility index (Phi) is 16.7. The molecule has 0 saturated heterocycles. The van der Waals surface area contributed by atoms with Gasteiger partial charge in [-0.05, 0) is 64.2 Å². The second kappa shape index (κ2) is 13.7. The molecule has 150 valence electrons. The van der Waals surface area contributed by atoms with E-state index in [-0.39, 0.29) is 21.5 Å². The van der Waals surface area contributed by atoms with Gasteiger partial charge in [0.15, 0.2) is 16.6 Å². The fourth-order valence-corrected chi connectivity index (χ4v) is 17.2. The molecule has 4 nitrogen and oxygen atoms in total. The highest BCUT2D eigenvalue weighted by atomic mass is 28.5. The molecular weight excluding hydrogens is 352 g/mol. The topological polar surface area (TPSA) is 58.9 Å². The molecule has 0 aromatic carbocycles. The molecule has 0 spiro atoms. The average molecular weight is 399 g/mol. The lowest BCUT2D eigenvalue weighted by Gasteiger charge is -2.38. The molecule has 0 saturated carbocycles. The van der Waals surface area contributed by atoms with Crippen molar-refractivity contribution < 1.29 is 18.4 Å². The lowest BCUT2D eigenvalue weighted by Crippen LogP contribution is -2.52. The number of hydrogen-bond donors (Lipinski definition) is 2. The fraction of sp³-hybridized carbons (Fsp3) is 1.00. The quantitative estimate of drug-likeness (QED) is 0.325. The van der Waals surface area contributed by atoms with Crippen molar-refractivity contribution >= 4 is 25.2 Å². The number of aliphatic hydroxyl groups is 2. The van der Waals surface area contributed by atoms with Gasteiger partial charge >= 0.3 is 8.56 Å². The zero-order valence-electron chi connectivity index (χ0n) is 15.6. The van der Waals surface area contributed by atoms with E-state index >= 15 is 0 Å². The molecule has 0 aliphatic carbocycles. The first kappa shape index (κ1) is 29.3. The van der Waals surface area contributed by atoms with Crippen LogP contribution in [0.4, 0.5) is 0 Å². The zero-order valence-corrected chi connectivity index (χ0v) is 18.6. The molecule has 0 heterocycles. The van der Waals surface area contributed by atoms with Gasteiger partial charge < -0.3 is 18.4 Å². The predicted molar refractivity (Wildman–Crippen MR) is 115 cm³/mol. The Labute approximate surface area is 155 Å². The largest absolute Gasteiger partial charge is 0.437 e. The molecule has 0 amide bonds. The highest BCUT2D eigenvalue weighted by Gasteiger charge is 2.39. The number of aliphatic hydroxyl groups excluding tert-OH is 2. The highest BCUT2D eigenvalue weighted by Crippen LogP contribution is 2.26. The molecule has 0 bridgehead atoms. The summed E-state index contributed by atoms with van der Waals surface area (Å²) in [5, 5.41) is 17.8. The van der Waals surface area contributed by atoms with E-state index in [1.807, 2.05) is 0 Å². The zero-order chi connectivity index (χ0) is 17.3. The predicted octanol–water partition coefficient (Wildman–Crippen LogP) is 5.34. The first-order chi connectivity index (χ1) is 10.0. The van der Waals surface area contributed by atoms with Crippen LogP contribution >= 0.6 is 0 Å². The van der Waals surface area contributed by atoms with Crippen LogP contribution in [0.3, 0.4) is 0 Å². The maximum absolute atomic E-state index is 8.92. The normalized spacial score (nSPS) is 12.5. The van der Waals surface area contributed by atoms with Crippen molar-refractivity contribution in [1.29, 1.82) is 0 Å². The Balaban J connectivity index is -0.00000220. The summed E-state index contributed by atoms with van der Waals surface area (Å²) in [5.74, 6) is 0. The Morgan fingerprint density at radius 3 is 1.29 bits per heavy atom. The van der Waals surface area contributed by atoms with Gasteiger partial charge in [-0.25, -0.2) is 0 Å². The molecule has 0 aromatic heterocycles. The lowest BCUT2D eigenvalue weighted by molar-refractivity contribution is 0.283. The van der Waals surface area contributed by atoms with Gasteiger partial charge in [0.25, 0.3) is 0 Å². The highest BCUT2D eigenvalue weighted by molar-refractivity contribution is 6.87. The van der Waals surface area contributed by atoms with Crippen LogP contribution in [-0.2, 0) is 8.23 Å². The maximum atomic E-state index is 8.92. The Hall–Kier alpha value is 0.491. The van der Waals surface area contributed by atoms with Crippen LogP contribution in [0.2, 0.25) is 51.4 Å². The van der Waals surface area contributed by atoms with Gasteiger partial charge in [0.2, 0.25) is 0 Å². The van der Waals surface area contributed by atoms with Crippen molar-refractivity contribution in [2.24, 2.45) is 0 Å². The molecule has 0 aromatic rings. The van der Waals surface area contributed by atoms with Crippen LogP contribution < -0.4 is 0 Å². The van der Waals surface area contributed by atoms with Crippen LogP contribution in [0.25, 0.3) is 0 Å². The smallest absolute Gasteiger partial charge is 0.311 e. The first-order valence-corrected chi connectivity index (χ1v) is 17.7. The third-order valence-electron chi connectivity index (χ3n) is 3.67. The minimum Gasteiger partial charge on any atom is -0.437 e. The monoisotopic (exact) mass is 398 g/mol. The molecule has 0 aliphatic rings. The van der Waals surface area contributed by atoms with Crippen LogP contribution in [0.1, 0.15) is 47.0 Å². The fourth-order valence-electron chi connectivity index (χ4n) is 2.96. The summed E-state index contributed by atoms with van der Waals surface area (Å²) in [6, 6.07) is 2.23. The van der Waals surface area contributed by atoms with Crippen LogP contribution in [0, 0.1) is 0 Å². The summed E-state index contributed by atoms with van der Waals surface area (Å²) in [6.07, 6.45) is 5.03. The van der Waals surface area contributed by atoms with Gasteiger partial charge in [0, 0.05) is 13.2 Å². The van der Waals surface area contributed by atoms with Crippen molar-refractivity contribution in [3.63, 3.8) is 0 Å². The van der Waals surface area contributed by atoms with E-state index in [9.17, 15) is 0 Å². The van der Waals surface area contributed by atoms with E-state index in [1.165, 1.54) is 0 Å². The lowest BCUT2D eigenvalue weighted by atomic mass is 10.3. The van der Waals surface area contributed by atoms with E-state index in [4.69, 9.17) is 18.4 Å². The minimum atomic E-state index is -2.09. The third-order valence-corrected chi connectivity index (χ3v) is 15.1. The summed E-state index contributed by atoms with van der Waals surface area (Å²) >= 11 is 0. The van der Waals surface area contributed by atoms with Crippen LogP contribution in [0.5, 0.6) is 0 Å². The summed E-state index contributed by atoms with van der Waals surface area (Å²) in [7, 11) is -5.49. The average Bonchev–Trinajstić information content (AvgIpc) is 2.32. The molecule has 0 atom stereocenters. The third kappa shape index (κ3) is 16.0. The molecule has 2 N–H and O–H groups in total. The number of hydrogen-bond acceptors (Lipinski definition) is 4. The molecular formula is C17H46O4Si3. The molecule has 0 rings (SSSR count). The number of unbranched alkanes of at least 4 members (excludes halogenated alkanes) is 3. The Morgan fingerprint density at radius 2 is 0.917 bits per heavy atom. The van der Waals surface area contributed by atoms with Gasteiger partial charge in [-0.15, -0.1) is 0 Å². The van der Waals surface area contributed by atoms with E-state index in [1.54, 1.807) is 0 Å². The standard InChI is InChI=1S/C15H38O4Si3.2CH4/c1-20(2,14-10-7-8-12-16)18-22(5,6)19-21(3,4)15-11-9-13-17;;/h16-17H,7-15H2,1-6H3;2*1H4. The summed E-state index contributed by atoms with van der Waals surface area (Å²) in [4.78, 5) is 0. The maximum Gasteiger partial charge on any atom is 0.311 e. The summed E-state index contributed by atoms with van der Waals surface area (Å²) < 4.78 is 13.0. The molecule has 0 radical (unpaired) electrons. The Bertz CT molecular complexity index is 298. The second-order valence-corrected chi connectivity index (χ2v) is 20.3. The molecule has 24 heavy (non-hydrogen) atoms. The van der Waals surface area contributed by atoms with E-state index in [0.29, 0.717) is 6.61 Å². The van der Waals surface area contributed by atoms with Crippen molar-refractivity contribution in [2.75, 3.05) is 13.2 Å². The van der Waals surface area contributed by atoms with Gasteiger partial charge in [0.1, 0.15) is 0 Å². The van der Waals surface area contributed by atoms with Crippen LogP contribution in [0.15, 0.2) is 0 Å². The van der Waals surface area contributed by atoms with Gasteiger partial charge in [-0.3, -0.25) is 0 Å². The molecule has 0 fully saturated rings. The summed E-state index contributed by atoms with van der Waals surface area (Å²) in [5.41, 5.74) is 0. The van der Waals surface area contributed by atoms with Gasteiger partial charge in [-0.2, -0.15) is 0 Å². The first-order valence-electron chi connectivity index (χ1n) is 8.66. The second-order valence-electron chi connectivity index (χ2n) is 7.84.